The van der Waals surface area contributed by atoms with E-state index in [-0.39, 0.29) is 11.9 Å². The Hall–Kier alpha value is -0.610. The summed E-state index contributed by atoms with van der Waals surface area (Å²) in [6.07, 6.45) is 5.20. The summed E-state index contributed by atoms with van der Waals surface area (Å²) in [4.78, 5) is 14.2. The van der Waals surface area contributed by atoms with Crippen molar-refractivity contribution < 1.29 is 4.79 Å². The zero-order valence-electron chi connectivity index (χ0n) is 12.3. The lowest BCUT2D eigenvalue weighted by atomic mass is 9.95. The van der Waals surface area contributed by atoms with Gasteiger partial charge in [0.2, 0.25) is 5.91 Å². The predicted molar refractivity (Wildman–Crippen MR) is 75.4 cm³/mol. The molecule has 0 bridgehead atoms. The van der Waals surface area contributed by atoms with Crippen LogP contribution in [0, 0.1) is 0 Å². The molecule has 0 radical (unpaired) electrons. The number of nitrogens with one attached hydrogen (secondary N) is 1. The van der Waals surface area contributed by atoms with Crippen molar-refractivity contribution in [1.82, 2.24) is 10.2 Å². The Labute approximate surface area is 111 Å². The fourth-order valence-corrected chi connectivity index (χ4v) is 2.96. The van der Waals surface area contributed by atoms with Crippen molar-refractivity contribution in [3.05, 3.63) is 0 Å². The summed E-state index contributed by atoms with van der Waals surface area (Å²) >= 11 is 0. The Morgan fingerprint density at radius 2 is 2.22 bits per heavy atom. The fourth-order valence-electron chi connectivity index (χ4n) is 2.96. The average Bonchev–Trinajstić information content (AvgIpc) is 2.70. The molecule has 1 rings (SSSR count). The molecule has 3 N–H and O–H groups in total. The topological polar surface area (TPSA) is 58.4 Å². The van der Waals surface area contributed by atoms with Crippen LogP contribution in [0.25, 0.3) is 0 Å². The Kier molecular flexibility index (Phi) is 5.60. The van der Waals surface area contributed by atoms with Gasteiger partial charge in [-0.2, -0.15) is 0 Å². The number of unbranched alkanes of at least 4 members (excludes halogenated alkanes) is 1. The zero-order chi connectivity index (χ0) is 13.8. The van der Waals surface area contributed by atoms with Crippen LogP contribution in [-0.2, 0) is 4.79 Å². The summed E-state index contributed by atoms with van der Waals surface area (Å²) in [5, 5.41) is 3.39. The van der Waals surface area contributed by atoms with Gasteiger partial charge in [0, 0.05) is 12.1 Å². The van der Waals surface area contributed by atoms with E-state index in [1.54, 1.807) is 0 Å². The van der Waals surface area contributed by atoms with Crippen LogP contribution in [0.3, 0.4) is 0 Å². The number of carbonyl (C=O) groups is 1. The van der Waals surface area contributed by atoms with Crippen LogP contribution in [0.5, 0.6) is 0 Å². The first-order chi connectivity index (χ1) is 8.41. The molecule has 0 aromatic carbocycles. The molecule has 0 saturated heterocycles. The number of carbonyl (C=O) groups excluding carboxylic acids is 1. The van der Waals surface area contributed by atoms with Gasteiger partial charge < -0.3 is 16.0 Å². The summed E-state index contributed by atoms with van der Waals surface area (Å²) < 4.78 is 0. The van der Waals surface area contributed by atoms with Crippen LogP contribution < -0.4 is 11.1 Å². The molecule has 0 heterocycles. The molecule has 1 saturated carbocycles. The SMILES string of the molecule is CCCCN(C)C1CCC(NC(C)C)(C(N)=O)C1. The van der Waals surface area contributed by atoms with Gasteiger partial charge >= 0.3 is 0 Å². The molecule has 4 nitrogen and oxygen atoms in total. The number of rotatable bonds is 7. The van der Waals surface area contributed by atoms with Crippen molar-refractivity contribution in [2.75, 3.05) is 13.6 Å². The molecule has 0 aromatic heterocycles. The zero-order valence-corrected chi connectivity index (χ0v) is 12.3. The molecule has 4 heteroatoms. The second-order valence-corrected chi connectivity index (χ2v) is 5.98. The minimum atomic E-state index is -0.487. The molecule has 2 unspecified atom stereocenters. The summed E-state index contributed by atoms with van der Waals surface area (Å²) in [5.41, 5.74) is 5.14. The van der Waals surface area contributed by atoms with Crippen molar-refractivity contribution >= 4 is 5.91 Å². The standard InChI is InChI=1S/C14H29N3O/c1-5-6-9-17(4)12-7-8-14(10-12,13(15)18)16-11(2)3/h11-12,16H,5-10H2,1-4H3,(H2,15,18). The Morgan fingerprint density at radius 3 is 2.72 bits per heavy atom. The van der Waals surface area contributed by atoms with Gasteiger partial charge in [0.1, 0.15) is 0 Å². The molecule has 2 atom stereocenters. The quantitative estimate of drug-likeness (QED) is 0.724. The van der Waals surface area contributed by atoms with Gasteiger partial charge in [-0.1, -0.05) is 13.3 Å². The molecule has 0 aromatic rings. The minimum Gasteiger partial charge on any atom is -0.368 e. The van der Waals surface area contributed by atoms with Crippen LogP contribution in [0.2, 0.25) is 0 Å². The minimum absolute atomic E-state index is 0.192. The summed E-state index contributed by atoms with van der Waals surface area (Å²) in [5.74, 6) is -0.192. The lowest BCUT2D eigenvalue weighted by molar-refractivity contribution is -0.124. The number of nitrogens with two attached hydrogens (primary N) is 1. The number of primary amides is 1. The second kappa shape index (κ2) is 6.53. The molecule has 1 amide bonds. The van der Waals surface area contributed by atoms with Crippen LogP contribution >= 0.6 is 0 Å². The van der Waals surface area contributed by atoms with Crippen molar-refractivity contribution in [2.24, 2.45) is 5.73 Å². The van der Waals surface area contributed by atoms with Gasteiger partial charge in [-0.3, -0.25) is 4.79 Å². The Bertz CT molecular complexity index is 280. The van der Waals surface area contributed by atoms with Crippen LogP contribution in [0.1, 0.15) is 52.9 Å². The van der Waals surface area contributed by atoms with Gasteiger partial charge in [0.25, 0.3) is 0 Å². The summed E-state index contributed by atoms with van der Waals surface area (Å²) in [7, 11) is 2.16. The van der Waals surface area contributed by atoms with E-state index < -0.39 is 5.54 Å². The number of nitrogens with zero attached hydrogens (tertiary/aromatic N) is 1. The predicted octanol–water partition coefficient (Wildman–Crippen LogP) is 1.49. The van der Waals surface area contributed by atoms with Gasteiger partial charge in [-0.05, 0) is 53.1 Å². The van der Waals surface area contributed by atoms with Crippen molar-refractivity contribution in [3.8, 4) is 0 Å². The Balaban J connectivity index is 2.62. The van der Waals surface area contributed by atoms with E-state index in [0.29, 0.717) is 6.04 Å². The molecular weight excluding hydrogens is 226 g/mol. The van der Waals surface area contributed by atoms with Gasteiger partial charge in [-0.25, -0.2) is 0 Å². The smallest absolute Gasteiger partial charge is 0.237 e. The third kappa shape index (κ3) is 3.69. The normalized spacial score (nSPS) is 28.2. The van der Waals surface area contributed by atoms with E-state index in [9.17, 15) is 4.79 Å². The molecule has 1 aliphatic rings. The maximum Gasteiger partial charge on any atom is 0.237 e. The van der Waals surface area contributed by atoms with Crippen molar-refractivity contribution in [3.63, 3.8) is 0 Å². The van der Waals surface area contributed by atoms with E-state index in [0.717, 1.165) is 25.8 Å². The molecule has 0 spiro atoms. The fraction of sp³-hybridized carbons (Fsp3) is 0.929. The van der Waals surface area contributed by atoms with E-state index in [1.807, 2.05) is 0 Å². The van der Waals surface area contributed by atoms with Crippen molar-refractivity contribution in [2.45, 2.75) is 70.5 Å². The first-order valence-corrected chi connectivity index (χ1v) is 7.19. The summed E-state index contributed by atoms with van der Waals surface area (Å²) in [6.45, 7) is 7.45. The van der Waals surface area contributed by atoms with Crippen molar-refractivity contribution in [1.29, 1.82) is 0 Å². The maximum absolute atomic E-state index is 11.8. The lowest BCUT2D eigenvalue weighted by Gasteiger charge is -2.31. The Morgan fingerprint density at radius 1 is 1.56 bits per heavy atom. The first kappa shape index (κ1) is 15.4. The highest BCUT2D eigenvalue weighted by Gasteiger charge is 2.45. The molecule has 0 aliphatic heterocycles. The highest BCUT2D eigenvalue weighted by molar-refractivity contribution is 5.85. The molecule has 106 valence electrons. The molecule has 1 aliphatic carbocycles. The van der Waals surface area contributed by atoms with Crippen LogP contribution in [-0.4, -0.2) is 42.0 Å². The van der Waals surface area contributed by atoms with Crippen LogP contribution in [0.15, 0.2) is 0 Å². The van der Waals surface area contributed by atoms with E-state index in [1.165, 1.54) is 12.8 Å². The highest BCUT2D eigenvalue weighted by Crippen LogP contribution is 2.33. The first-order valence-electron chi connectivity index (χ1n) is 7.19. The number of amides is 1. The molecule has 18 heavy (non-hydrogen) atoms. The number of hydrogen-bond donors (Lipinski definition) is 2. The van der Waals surface area contributed by atoms with E-state index in [2.05, 4.69) is 38.0 Å². The molecular formula is C14H29N3O. The average molecular weight is 255 g/mol. The number of hydrogen-bond acceptors (Lipinski definition) is 3. The maximum atomic E-state index is 11.8. The lowest BCUT2D eigenvalue weighted by Crippen LogP contribution is -2.56. The van der Waals surface area contributed by atoms with Gasteiger partial charge in [0.15, 0.2) is 0 Å². The third-order valence-corrected chi connectivity index (χ3v) is 4.01. The largest absolute Gasteiger partial charge is 0.368 e. The van der Waals surface area contributed by atoms with Gasteiger partial charge in [0.05, 0.1) is 5.54 Å². The van der Waals surface area contributed by atoms with E-state index in [4.69, 9.17) is 5.73 Å². The second-order valence-electron chi connectivity index (χ2n) is 5.98. The molecule has 1 fully saturated rings. The van der Waals surface area contributed by atoms with Gasteiger partial charge in [-0.15, -0.1) is 0 Å². The third-order valence-electron chi connectivity index (χ3n) is 4.01. The van der Waals surface area contributed by atoms with E-state index >= 15 is 0 Å². The monoisotopic (exact) mass is 255 g/mol. The summed E-state index contributed by atoms with van der Waals surface area (Å²) in [6, 6.07) is 0.771. The highest BCUT2D eigenvalue weighted by atomic mass is 16.1. The van der Waals surface area contributed by atoms with Crippen LogP contribution in [0.4, 0.5) is 0 Å².